The first-order valence-corrected chi connectivity index (χ1v) is 6.96. The Bertz CT molecular complexity index is 568. The molecule has 18 heavy (non-hydrogen) atoms. The maximum Gasteiger partial charge on any atom is 0.344 e. The Labute approximate surface area is 110 Å². The summed E-state index contributed by atoms with van der Waals surface area (Å²) in [4.78, 5) is 11.1. The summed E-state index contributed by atoms with van der Waals surface area (Å²) >= 11 is -1.36. The van der Waals surface area contributed by atoms with Crippen molar-refractivity contribution < 1.29 is 13.7 Å². The lowest BCUT2D eigenvalue weighted by molar-refractivity contribution is -0.502. The smallest absolute Gasteiger partial charge is 0.301 e. The zero-order chi connectivity index (χ0) is 13.1. The molecule has 0 aliphatic rings. The van der Waals surface area contributed by atoms with E-state index in [2.05, 4.69) is 0 Å². The molecule has 7 heteroatoms. The van der Waals surface area contributed by atoms with Gasteiger partial charge in [0.25, 0.3) is 0 Å². The maximum atomic E-state index is 11.0. The normalized spacial score (nSPS) is 14.1. The van der Waals surface area contributed by atoms with E-state index in [9.17, 15) is 14.3 Å². The second-order valence-corrected chi connectivity index (χ2v) is 5.60. The van der Waals surface area contributed by atoms with Crippen molar-refractivity contribution in [1.29, 1.82) is 0 Å². The zero-order valence-corrected chi connectivity index (χ0v) is 10.7. The van der Waals surface area contributed by atoms with Gasteiger partial charge >= 0.3 is 5.37 Å². The van der Waals surface area contributed by atoms with Crippen molar-refractivity contribution in [3.63, 3.8) is 0 Å². The molecule has 0 saturated carbocycles. The average molecular weight is 283 g/mol. The number of hydrogen-bond acceptors (Lipinski definition) is 4. The fourth-order valence-electron chi connectivity index (χ4n) is 1.52. The van der Waals surface area contributed by atoms with Gasteiger partial charge < -0.3 is 4.55 Å². The van der Waals surface area contributed by atoms with Gasteiger partial charge in [-0.3, -0.25) is 10.1 Å². The minimum atomic E-state index is -2.52. The van der Waals surface area contributed by atoms with E-state index in [1.807, 2.05) is 30.3 Å². The molecular weight excluding hydrogens is 274 g/mol. The van der Waals surface area contributed by atoms with E-state index in [1.54, 1.807) is 6.07 Å². The Morgan fingerprint density at radius 2 is 1.89 bits per heavy atom. The number of nitro groups is 1. The van der Waals surface area contributed by atoms with E-state index >= 15 is 0 Å². The second-order valence-electron chi connectivity index (χ2n) is 3.48. The molecule has 0 radical (unpaired) electrons. The Kier molecular flexibility index (Phi) is 3.85. The summed E-state index contributed by atoms with van der Waals surface area (Å²) in [6, 6.07) is 12.6. The summed E-state index contributed by atoms with van der Waals surface area (Å²) in [5, 5.41) is 9.17. The van der Waals surface area contributed by atoms with Gasteiger partial charge in [0.15, 0.2) is 0 Å². The monoisotopic (exact) mass is 283 g/mol. The third kappa shape index (κ3) is 2.63. The van der Waals surface area contributed by atoms with Crippen LogP contribution in [0.25, 0.3) is 10.4 Å². The SMILES string of the molecule is O=[N+]([O-])C(c1ccc(-c2ccccc2)s1)S(=O)O. The van der Waals surface area contributed by atoms with E-state index in [0.717, 1.165) is 21.8 Å². The van der Waals surface area contributed by atoms with Gasteiger partial charge in [-0.05, 0) is 17.7 Å². The topological polar surface area (TPSA) is 80.4 Å². The number of thiophene rings is 1. The summed E-state index contributed by atoms with van der Waals surface area (Å²) in [6.07, 6.45) is 0. The summed E-state index contributed by atoms with van der Waals surface area (Å²) in [6.45, 7) is 0. The highest BCUT2D eigenvalue weighted by Crippen LogP contribution is 2.33. The van der Waals surface area contributed by atoms with E-state index in [-0.39, 0.29) is 4.88 Å². The van der Waals surface area contributed by atoms with Crippen molar-refractivity contribution in [2.75, 3.05) is 0 Å². The Hall–Kier alpha value is -1.57. The van der Waals surface area contributed by atoms with Crippen molar-refractivity contribution in [2.45, 2.75) is 5.37 Å². The van der Waals surface area contributed by atoms with E-state index < -0.39 is 21.4 Å². The molecule has 5 nitrogen and oxygen atoms in total. The average Bonchev–Trinajstić information content (AvgIpc) is 2.78. The molecule has 0 bridgehead atoms. The number of rotatable bonds is 4. The molecule has 94 valence electrons. The summed E-state index contributed by atoms with van der Waals surface area (Å²) in [7, 11) is 0. The molecule has 2 unspecified atom stereocenters. The van der Waals surface area contributed by atoms with Crippen molar-refractivity contribution in [1.82, 2.24) is 0 Å². The van der Waals surface area contributed by atoms with Gasteiger partial charge in [-0.2, -0.15) is 0 Å². The van der Waals surface area contributed by atoms with Crippen LogP contribution in [-0.4, -0.2) is 13.7 Å². The minimum absolute atomic E-state index is 0.277. The molecule has 2 rings (SSSR count). The fraction of sp³-hybridized carbons (Fsp3) is 0.0909. The van der Waals surface area contributed by atoms with Crippen molar-refractivity contribution in [2.24, 2.45) is 0 Å². The number of nitrogens with zero attached hydrogens (tertiary/aromatic N) is 1. The maximum absolute atomic E-state index is 11.0. The van der Waals surface area contributed by atoms with Gasteiger partial charge in [-0.25, -0.2) is 4.21 Å². The van der Waals surface area contributed by atoms with Crippen LogP contribution in [0.2, 0.25) is 0 Å². The van der Waals surface area contributed by atoms with Crippen LogP contribution >= 0.6 is 11.3 Å². The second kappa shape index (κ2) is 5.38. The molecule has 2 aromatic rings. The van der Waals surface area contributed by atoms with E-state index in [0.29, 0.717) is 0 Å². The molecule has 2 atom stereocenters. The zero-order valence-electron chi connectivity index (χ0n) is 9.05. The van der Waals surface area contributed by atoms with Crippen molar-refractivity contribution in [3.8, 4) is 10.4 Å². The largest absolute Gasteiger partial charge is 0.344 e. The highest BCUT2D eigenvalue weighted by atomic mass is 32.2. The first-order valence-electron chi connectivity index (χ1n) is 4.98. The molecule has 0 amide bonds. The molecule has 1 heterocycles. The third-order valence-corrected chi connectivity index (χ3v) is 4.45. The number of hydrogen-bond donors (Lipinski definition) is 1. The highest BCUT2D eigenvalue weighted by Gasteiger charge is 2.31. The van der Waals surface area contributed by atoms with Gasteiger partial charge in [0.1, 0.15) is 0 Å². The van der Waals surface area contributed by atoms with Gasteiger partial charge in [-0.15, -0.1) is 11.3 Å². The van der Waals surface area contributed by atoms with Crippen LogP contribution in [0, 0.1) is 10.1 Å². The van der Waals surface area contributed by atoms with Gasteiger partial charge in [0.2, 0.25) is 11.1 Å². The standard InChI is InChI=1S/C11H9NO4S2/c13-12(14)11(18(15)16)10-7-6-9(17-10)8-4-2-1-3-5-8/h1-7,11H,(H,15,16). The van der Waals surface area contributed by atoms with Crippen LogP contribution in [0.15, 0.2) is 42.5 Å². The van der Waals surface area contributed by atoms with Crippen LogP contribution in [-0.2, 0) is 11.1 Å². The molecule has 1 aromatic heterocycles. The molecule has 0 saturated heterocycles. The molecule has 0 aliphatic heterocycles. The Morgan fingerprint density at radius 3 is 2.44 bits per heavy atom. The lowest BCUT2D eigenvalue weighted by Crippen LogP contribution is -2.14. The molecule has 1 aromatic carbocycles. The summed E-state index contributed by atoms with van der Waals surface area (Å²) < 4.78 is 19.9. The van der Waals surface area contributed by atoms with Gasteiger partial charge in [0.05, 0.1) is 4.88 Å². The van der Waals surface area contributed by atoms with E-state index in [4.69, 9.17) is 4.55 Å². The van der Waals surface area contributed by atoms with Crippen LogP contribution in [0.3, 0.4) is 0 Å². The summed E-state index contributed by atoms with van der Waals surface area (Å²) in [5.74, 6) is 0. The van der Waals surface area contributed by atoms with Gasteiger partial charge in [0, 0.05) is 9.80 Å². The van der Waals surface area contributed by atoms with Crippen molar-refractivity contribution >= 4 is 22.4 Å². The molecule has 0 fully saturated rings. The lowest BCUT2D eigenvalue weighted by Gasteiger charge is -2.01. The molecule has 0 spiro atoms. The van der Waals surface area contributed by atoms with E-state index in [1.165, 1.54) is 6.07 Å². The first-order chi connectivity index (χ1) is 8.59. The lowest BCUT2D eigenvalue weighted by atomic mass is 10.2. The minimum Gasteiger partial charge on any atom is -0.301 e. The first kappa shape index (κ1) is 12.9. The Morgan fingerprint density at radius 1 is 1.22 bits per heavy atom. The quantitative estimate of drug-likeness (QED) is 0.531. The van der Waals surface area contributed by atoms with Crippen molar-refractivity contribution in [3.05, 3.63) is 57.5 Å². The Balaban J connectivity index is 2.36. The van der Waals surface area contributed by atoms with Gasteiger partial charge in [-0.1, -0.05) is 30.3 Å². The molecular formula is C11H9NO4S2. The summed E-state index contributed by atoms with van der Waals surface area (Å²) in [5.41, 5.74) is 0.930. The highest BCUT2D eigenvalue weighted by molar-refractivity contribution is 7.79. The molecule has 1 N–H and O–H groups in total. The molecule has 0 aliphatic carbocycles. The predicted octanol–water partition coefficient (Wildman–Crippen LogP) is 2.91. The predicted molar refractivity (Wildman–Crippen MR) is 70.3 cm³/mol. The fourth-order valence-corrected chi connectivity index (χ4v) is 3.30. The third-order valence-electron chi connectivity index (χ3n) is 2.31. The van der Waals surface area contributed by atoms with Crippen LogP contribution < -0.4 is 0 Å². The van der Waals surface area contributed by atoms with Crippen LogP contribution in [0.5, 0.6) is 0 Å². The van der Waals surface area contributed by atoms with Crippen LogP contribution in [0.1, 0.15) is 10.3 Å². The van der Waals surface area contributed by atoms with Crippen LogP contribution in [0.4, 0.5) is 0 Å². The number of benzene rings is 1.